The minimum atomic E-state index is -0.105. The second-order valence-electron chi connectivity index (χ2n) is 3.85. The Morgan fingerprint density at radius 1 is 1.33 bits per heavy atom. The molecule has 0 spiro atoms. The Morgan fingerprint density at radius 3 is 3.17 bits per heavy atom. The number of rotatable bonds is 0. The topological polar surface area (TPSA) is 33.1 Å². The normalized spacial score (nSPS) is 36.9. The fourth-order valence-electron chi connectivity index (χ4n) is 2.70. The van der Waals surface area contributed by atoms with Crippen LogP contribution in [0.15, 0.2) is 18.5 Å². The molecule has 62 valence electrons. The Labute approximate surface area is 71.3 Å². The minimum Gasteiger partial charge on any atom is -0.392 e. The van der Waals surface area contributed by atoms with Crippen LogP contribution in [-0.2, 0) is 0 Å². The smallest absolute Gasteiger partial charge is 0.0615 e. The molecule has 0 saturated heterocycles. The van der Waals surface area contributed by atoms with Gasteiger partial charge in [0.05, 0.1) is 6.10 Å². The summed E-state index contributed by atoms with van der Waals surface area (Å²) in [4.78, 5) is 4.10. The Morgan fingerprint density at radius 2 is 2.25 bits per heavy atom. The summed E-state index contributed by atoms with van der Waals surface area (Å²) >= 11 is 0. The second kappa shape index (κ2) is 2.07. The molecule has 2 aliphatic rings. The van der Waals surface area contributed by atoms with Crippen LogP contribution in [0.3, 0.4) is 0 Å². The molecule has 2 bridgehead atoms. The van der Waals surface area contributed by atoms with Crippen molar-refractivity contribution in [1.82, 2.24) is 4.98 Å². The van der Waals surface area contributed by atoms with Crippen molar-refractivity contribution in [2.75, 3.05) is 0 Å². The second-order valence-corrected chi connectivity index (χ2v) is 3.85. The fourth-order valence-corrected chi connectivity index (χ4v) is 2.70. The summed E-state index contributed by atoms with van der Waals surface area (Å²) in [6.07, 6.45) is 5.77. The maximum absolute atomic E-state index is 9.64. The average molecular weight is 161 g/mol. The highest BCUT2D eigenvalue weighted by atomic mass is 16.3. The van der Waals surface area contributed by atoms with Crippen LogP contribution in [0.4, 0.5) is 0 Å². The van der Waals surface area contributed by atoms with Crippen molar-refractivity contribution in [2.45, 2.75) is 30.8 Å². The molecule has 1 aromatic rings. The van der Waals surface area contributed by atoms with Gasteiger partial charge in [-0.1, -0.05) is 0 Å². The zero-order chi connectivity index (χ0) is 8.13. The molecular formula is C10H11NO. The summed E-state index contributed by atoms with van der Waals surface area (Å²) in [5, 5.41) is 9.64. The van der Waals surface area contributed by atoms with Gasteiger partial charge in [-0.15, -0.1) is 0 Å². The number of aliphatic hydroxyl groups is 1. The summed E-state index contributed by atoms with van der Waals surface area (Å²) < 4.78 is 0. The number of nitrogens with zero attached hydrogens (tertiary/aromatic N) is 1. The van der Waals surface area contributed by atoms with Crippen LogP contribution in [0.25, 0.3) is 0 Å². The van der Waals surface area contributed by atoms with E-state index in [9.17, 15) is 5.11 Å². The van der Waals surface area contributed by atoms with Crippen molar-refractivity contribution >= 4 is 0 Å². The molecule has 2 aliphatic carbocycles. The molecule has 0 amide bonds. The van der Waals surface area contributed by atoms with Gasteiger partial charge in [0, 0.05) is 18.3 Å². The molecule has 1 aromatic heterocycles. The van der Waals surface area contributed by atoms with E-state index < -0.39 is 0 Å². The Kier molecular flexibility index (Phi) is 1.14. The van der Waals surface area contributed by atoms with Gasteiger partial charge in [-0.3, -0.25) is 4.98 Å². The zero-order valence-electron chi connectivity index (χ0n) is 6.77. The molecule has 3 rings (SSSR count). The van der Waals surface area contributed by atoms with Crippen LogP contribution in [0.1, 0.15) is 35.8 Å². The standard InChI is InChI=1S/C10H11NO/c12-10-4-6-3-8(10)9-5-11-2-1-7(6)9/h1-2,5-6,8,10,12H,3-4H2/t6-,8+,10+/m1/s1. The van der Waals surface area contributed by atoms with Crippen molar-refractivity contribution in [3.63, 3.8) is 0 Å². The summed E-state index contributed by atoms with van der Waals surface area (Å²) in [5.74, 6) is 1.00. The van der Waals surface area contributed by atoms with Gasteiger partial charge in [0.2, 0.25) is 0 Å². The van der Waals surface area contributed by atoms with Crippen molar-refractivity contribution in [3.05, 3.63) is 29.6 Å². The van der Waals surface area contributed by atoms with Gasteiger partial charge in [0.25, 0.3) is 0 Å². The lowest BCUT2D eigenvalue weighted by Crippen LogP contribution is -2.15. The molecule has 0 aromatic carbocycles. The van der Waals surface area contributed by atoms with E-state index in [1.54, 1.807) is 0 Å². The first-order valence-corrected chi connectivity index (χ1v) is 4.48. The van der Waals surface area contributed by atoms with Gasteiger partial charge in [-0.2, -0.15) is 0 Å². The zero-order valence-corrected chi connectivity index (χ0v) is 6.77. The van der Waals surface area contributed by atoms with Crippen molar-refractivity contribution in [3.8, 4) is 0 Å². The van der Waals surface area contributed by atoms with Crippen molar-refractivity contribution in [1.29, 1.82) is 0 Å². The molecule has 1 heterocycles. The summed E-state index contributed by atoms with van der Waals surface area (Å²) in [5.41, 5.74) is 2.72. The van der Waals surface area contributed by atoms with E-state index in [2.05, 4.69) is 11.1 Å². The van der Waals surface area contributed by atoms with Gasteiger partial charge in [0.15, 0.2) is 0 Å². The van der Waals surface area contributed by atoms with Crippen LogP contribution in [0.5, 0.6) is 0 Å². The van der Waals surface area contributed by atoms with Crippen LogP contribution in [0, 0.1) is 0 Å². The van der Waals surface area contributed by atoms with Gasteiger partial charge >= 0.3 is 0 Å². The van der Waals surface area contributed by atoms with Crippen molar-refractivity contribution in [2.24, 2.45) is 0 Å². The van der Waals surface area contributed by atoms with Gasteiger partial charge < -0.3 is 5.11 Å². The average Bonchev–Trinajstić information content (AvgIpc) is 2.62. The Hall–Kier alpha value is -0.890. The molecule has 12 heavy (non-hydrogen) atoms. The van der Waals surface area contributed by atoms with Crippen LogP contribution >= 0.6 is 0 Å². The number of aromatic nitrogens is 1. The predicted octanol–water partition coefficient (Wildman–Crippen LogP) is 1.42. The molecule has 2 nitrogen and oxygen atoms in total. The maximum Gasteiger partial charge on any atom is 0.0615 e. The molecule has 0 aliphatic heterocycles. The highest BCUT2D eigenvalue weighted by molar-refractivity contribution is 5.40. The first-order valence-electron chi connectivity index (χ1n) is 4.48. The molecule has 1 N–H and O–H groups in total. The Bertz CT molecular complexity index is 323. The molecule has 0 radical (unpaired) electrons. The van der Waals surface area contributed by atoms with Gasteiger partial charge in [-0.05, 0) is 36.0 Å². The first kappa shape index (κ1) is 6.61. The van der Waals surface area contributed by atoms with E-state index in [-0.39, 0.29) is 6.10 Å². The number of aliphatic hydroxyl groups excluding tert-OH is 1. The third-order valence-electron chi connectivity index (χ3n) is 3.26. The summed E-state index contributed by atoms with van der Waals surface area (Å²) in [6.45, 7) is 0. The molecule has 3 atom stereocenters. The maximum atomic E-state index is 9.64. The predicted molar refractivity (Wildman–Crippen MR) is 45.0 cm³/mol. The molecule has 1 saturated carbocycles. The van der Waals surface area contributed by atoms with E-state index >= 15 is 0 Å². The van der Waals surface area contributed by atoms with E-state index in [0.29, 0.717) is 11.8 Å². The monoisotopic (exact) mass is 161 g/mol. The quantitative estimate of drug-likeness (QED) is 0.624. The van der Waals surface area contributed by atoms with Crippen LogP contribution < -0.4 is 0 Å². The fraction of sp³-hybridized carbons (Fsp3) is 0.500. The summed E-state index contributed by atoms with van der Waals surface area (Å²) in [7, 11) is 0. The van der Waals surface area contributed by atoms with E-state index in [4.69, 9.17) is 0 Å². The Balaban J connectivity index is 2.17. The van der Waals surface area contributed by atoms with Gasteiger partial charge in [0.1, 0.15) is 0 Å². The van der Waals surface area contributed by atoms with E-state index in [1.807, 2.05) is 12.4 Å². The third-order valence-corrected chi connectivity index (χ3v) is 3.26. The van der Waals surface area contributed by atoms with Crippen molar-refractivity contribution < 1.29 is 5.11 Å². The van der Waals surface area contributed by atoms with Crippen LogP contribution in [-0.4, -0.2) is 16.2 Å². The largest absolute Gasteiger partial charge is 0.392 e. The van der Waals surface area contributed by atoms with Crippen LogP contribution in [0.2, 0.25) is 0 Å². The summed E-state index contributed by atoms with van der Waals surface area (Å²) in [6, 6.07) is 2.10. The SMILES string of the molecule is O[C@H]1C[C@H]2C[C@H]1c1cnccc12. The molecule has 0 unspecified atom stereocenters. The number of hydrogen-bond donors (Lipinski definition) is 1. The number of hydrogen-bond acceptors (Lipinski definition) is 2. The van der Waals surface area contributed by atoms with E-state index in [0.717, 1.165) is 12.8 Å². The van der Waals surface area contributed by atoms with Gasteiger partial charge in [-0.25, -0.2) is 0 Å². The van der Waals surface area contributed by atoms with E-state index in [1.165, 1.54) is 11.1 Å². The highest BCUT2D eigenvalue weighted by Gasteiger charge is 2.42. The molecule has 1 fully saturated rings. The lowest BCUT2D eigenvalue weighted by molar-refractivity contribution is 0.158. The third kappa shape index (κ3) is 0.661. The number of fused-ring (bicyclic) bond motifs is 5. The lowest BCUT2D eigenvalue weighted by atomic mass is 9.92. The number of pyridine rings is 1. The lowest BCUT2D eigenvalue weighted by Gasteiger charge is -2.18. The molecular weight excluding hydrogens is 150 g/mol. The highest BCUT2D eigenvalue weighted by Crippen LogP contribution is 2.52. The minimum absolute atomic E-state index is 0.105. The molecule has 2 heteroatoms. The first-order chi connectivity index (χ1) is 5.86.